The minimum absolute atomic E-state index is 0.0622. The Morgan fingerprint density at radius 1 is 0.436 bits per heavy atom. The van der Waals surface area contributed by atoms with Crippen molar-refractivity contribution in [3.8, 4) is 11.4 Å². The largest absolute Gasteiger partial charge is 0.310 e. The molecular formula is C52H41N3. The van der Waals surface area contributed by atoms with Crippen molar-refractivity contribution in [3.05, 3.63) is 175 Å². The van der Waals surface area contributed by atoms with Crippen LogP contribution in [0.4, 0.5) is 17.1 Å². The van der Waals surface area contributed by atoms with E-state index in [4.69, 9.17) is 0 Å². The van der Waals surface area contributed by atoms with Crippen LogP contribution in [0.1, 0.15) is 43.2 Å². The number of aromatic nitrogens is 2. The monoisotopic (exact) mass is 707 g/mol. The Morgan fingerprint density at radius 2 is 0.982 bits per heavy atom. The van der Waals surface area contributed by atoms with Crippen molar-refractivity contribution in [3.63, 3.8) is 0 Å². The van der Waals surface area contributed by atoms with E-state index in [0.717, 1.165) is 17.5 Å². The van der Waals surface area contributed by atoms with Crippen LogP contribution < -0.4 is 4.90 Å². The van der Waals surface area contributed by atoms with E-state index in [1.54, 1.807) is 11.1 Å². The molecule has 5 aliphatic rings. The lowest BCUT2D eigenvalue weighted by atomic mass is 9.41. The third-order valence-electron chi connectivity index (χ3n) is 14.5. The summed E-state index contributed by atoms with van der Waals surface area (Å²) >= 11 is 0. The van der Waals surface area contributed by atoms with E-state index in [1.165, 1.54) is 98.5 Å². The van der Waals surface area contributed by atoms with Crippen molar-refractivity contribution in [1.82, 2.24) is 9.13 Å². The zero-order valence-electron chi connectivity index (χ0n) is 30.8. The van der Waals surface area contributed by atoms with Gasteiger partial charge < -0.3 is 14.0 Å². The van der Waals surface area contributed by atoms with Gasteiger partial charge in [-0.05, 0) is 134 Å². The number of fused-ring (bicyclic) bond motifs is 8. The first-order valence-corrected chi connectivity index (χ1v) is 20.4. The molecule has 0 radical (unpaired) electrons. The Labute approximate surface area is 321 Å². The van der Waals surface area contributed by atoms with Crippen molar-refractivity contribution >= 4 is 60.7 Å². The molecule has 2 aromatic heterocycles. The molecule has 0 amide bonds. The second-order valence-electron chi connectivity index (χ2n) is 17.0. The topological polar surface area (TPSA) is 13.1 Å². The van der Waals surface area contributed by atoms with Crippen LogP contribution in [0.2, 0.25) is 0 Å². The van der Waals surface area contributed by atoms with Gasteiger partial charge in [-0.25, -0.2) is 0 Å². The molecule has 3 heteroatoms. The summed E-state index contributed by atoms with van der Waals surface area (Å²) in [7, 11) is 0. The number of anilines is 3. The lowest BCUT2D eigenvalue weighted by Crippen LogP contribution is -2.57. The van der Waals surface area contributed by atoms with Crippen LogP contribution in [0.25, 0.3) is 55.0 Å². The quantitative estimate of drug-likeness (QED) is 0.177. The second kappa shape index (κ2) is 11.0. The van der Waals surface area contributed by atoms with E-state index in [1.807, 2.05) is 0 Å². The van der Waals surface area contributed by atoms with E-state index in [2.05, 4.69) is 178 Å². The second-order valence-corrected chi connectivity index (χ2v) is 17.0. The van der Waals surface area contributed by atoms with Gasteiger partial charge in [-0.15, -0.1) is 0 Å². The Morgan fingerprint density at radius 3 is 1.65 bits per heavy atom. The van der Waals surface area contributed by atoms with Crippen LogP contribution in [0, 0.1) is 23.7 Å². The Kier molecular flexibility index (Phi) is 6.06. The van der Waals surface area contributed by atoms with Crippen LogP contribution in [0.5, 0.6) is 0 Å². The summed E-state index contributed by atoms with van der Waals surface area (Å²) < 4.78 is 5.06. The Balaban J connectivity index is 1.07. The predicted octanol–water partition coefficient (Wildman–Crippen LogP) is 13.4. The van der Waals surface area contributed by atoms with Gasteiger partial charge in [-0.3, -0.25) is 0 Å². The van der Waals surface area contributed by atoms with Gasteiger partial charge in [0.1, 0.15) is 0 Å². The molecule has 7 aromatic carbocycles. The highest BCUT2D eigenvalue weighted by molar-refractivity contribution is 6.18. The third-order valence-corrected chi connectivity index (χ3v) is 14.5. The van der Waals surface area contributed by atoms with Crippen LogP contribution >= 0.6 is 0 Å². The summed E-state index contributed by atoms with van der Waals surface area (Å²) in [5.41, 5.74) is 14.5. The van der Waals surface area contributed by atoms with Crippen LogP contribution in [0.3, 0.4) is 0 Å². The standard InChI is InChI=1S/C52H41N3/c1-2-12-37(13-3-1)53(38-22-24-39(25-23-38)54-45-18-8-4-14-40(45)41-15-5-9-19-46(41)54)49-27-26-44-51-50(49)42-16-6-10-20-47(42)55(51)48-21-11-7-17-43(48)52(44)35-29-33-28-34(31-35)32-36(52)30-33/h1-27,33-36H,28-32H2. The van der Waals surface area contributed by atoms with Crippen molar-refractivity contribution < 1.29 is 0 Å². The molecule has 9 aromatic rings. The fraction of sp³-hybridized carbons (Fsp3) is 0.192. The van der Waals surface area contributed by atoms with E-state index in [0.29, 0.717) is 11.8 Å². The number of nitrogens with zero attached hydrogens (tertiary/aromatic N) is 3. The van der Waals surface area contributed by atoms with E-state index in [-0.39, 0.29) is 5.41 Å². The van der Waals surface area contributed by atoms with Crippen LogP contribution in [-0.4, -0.2) is 9.13 Å². The minimum atomic E-state index is 0.0622. The summed E-state index contributed by atoms with van der Waals surface area (Å²) in [5.74, 6) is 3.21. The zero-order chi connectivity index (χ0) is 35.8. The third kappa shape index (κ3) is 3.91. The summed E-state index contributed by atoms with van der Waals surface area (Å²) in [5, 5.41) is 5.26. The van der Waals surface area contributed by atoms with E-state index >= 15 is 0 Å². The number of hydrogen-bond donors (Lipinski definition) is 0. The van der Waals surface area contributed by atoms with Gasteiger partial charge in [0.05, 0.1) is 33.4 Å². The molecule has 4 saturated carbocycles. The molecule has 55 heavy (non-hydrogen) atoms. The first kappa shape index (κ1) is 30.3. The summed E-state index contributed by atoms with van der Waals surface area (Å²) in [6.07, 6.45) is 6.96. The smallest absolute Gasteiger partial charge is 0.0603 e. The lowest BCUT2D eigenvalue weighted by molar-refractivity contribution is -0.0418. The molecule has 1 aliphatic heterocycles. The Hall–Kier alpha value is -6.06. The zero-order valence-corrected chi connectivity index (χ0v) is 30.8. The van der Waals surface area contributed by atoms with Gasteiger partial charge >= 0.3 is 0 Å². The van der Waals surface area contributed by atoms with Gasteiger partial charge in [0, 0.05) is 44.0 Å². The first-order valence-electron chi connectivity index (χ1n) is 20.4. The van der Waals surface area contributed by atoms with Crippen molar-refractivity contribution in [2.24, 2.45) is 23.7 Å². The molecule has 0 N–H and O–H groups in total. The number of benzene rings is 7. The Bertz CT molecular complexity index is 2920. The molecule has 3 heterocycles. The average molecular weight is 708 g/mol. The van der Waals surface area contributed by atoms with Crippen LogP contribution in [-0.2, 0) is 5.41 Å². The van der Waals surface area contributed by atoms with E-state index < -0.39 is 0 Å². The van der Waals surface area contributed by atoms with Gasteiger partial charge in [-0.1, -0.05) is 97.1 Å². The molecule has 0 unspecified atom stereocenters. The molecule has 4 aliphatic carbocycles. The molecule has 4 bridgehead atoms. The minimum Gasteiger partial charge on any atom is -0.310 e. The molecule has 14 rings (SSSR count). The molecular weight excluding hydrogens is 667 g/mol. The SMILES string of the molecule is c1ccc(N(c2ccc(-n3c4ccccc4c4ccccc43)cc2)c2ccc3c4c2c2ccccc2n4-c2ccccc2C32C3CC4CC(C3)CC2C4)cc1. The number of rotatable bonds is 4. The highest BCUT2D eigenvalue weighted by atomic mass is 15.2. The predicted molar refractivity (Wildman–Crippen MR) is 228 cm³/mol. The summed E-state index contributed by atoms with van der Waals surface area (Å²) in [6.45, 7) is 0. The maximum atomic E-state index is 2.64. The van der Waals surface area contributed by atoms with Gasteiger partial charge in [0.2, 0.25) is 0 Å². The molecule has 0 saturated heterocycles. The van der Waals surface area contributed by atoms with E-state index in [9.17, 15) is 0 Å². The van der Waals surface area contributed by atoms with Crippen molar-refractivity contribution in [2.75, 3.05) is 4.90 Å². The molecule has 0 atom stereocenters. The number of para-hydroxylation sites is 5. The van der Waals surface area contributed by atoms with Gasteiger partial charge in [-0.2, -0.15) is 0 Å². The average Bonchev–Trinajstić information content (AvgIpc) is 3.76. The normalized spacial score (nSPS) is 23.3. The number of hydrogen-bond acceptors (Lipinski definition) is 1. The van der Waals surface area contributed by atoms with Crippen molar-refractivity contribution in [2.45, 2.75) is 37.5 Å². The van der Waals surface area contributed by atoms with Crippen LogP contribution in [0.15, 0.2) is 164 Å². The maximum Gasteiger partial charge on any atom is 0.0603 e. The molecule has 264 valence electrons. The fourth-order valence-electron chi connectivity index (χ4n) is 12.8. The molecule has 1 spiro atoms. The first-order chi connectivity index (χ1) is 27.3. The highest BCUT2D eigenvalue weighted by Crippen LogP contribution is 2.68. The summed E-state index contributed by atoms with van der Waals surface area (Å²) in [4.78, 5) is 2.51. The van der Waals surface area contributed by atoms with Gasteiger partial charge in [0.15, 0.2) is 0 Å². The van der Waals surface area contributed by atoms with Gasteiger partial charge in [0.25, 0.3) is 0 Å². The molecule has 4 fully saturated rings. The van der Waals surface area contributed by atoms with Crippen molar-refractivity contribution in [1.29, 1.82) is 0 Å². The maximum absolute atomic E-state index is 2.64. The molecule has 3 nitrogen and oxygen atoms in total. The highest BCUT2D eigenvalue weighted by Gasteiger charge is 2.61. The fourth-order valence-corrected chi connectivity index (χ4v) is 12.8. The summed E-state index contributed by atoms with van der Waals surface area (Å²) in [6, 6.07) is 61.6. The lowest BCUT2D eigenvalue weighted by Gasteiger charge is -2.63.